The summed E-state index contributed by atoms with van der Waals surface area (Å²) in [5.41, 5.74) is 6.16. The largest absolute Gasteiger partial charge is 0.508 e. The first-order valence-corrected chi connectivity index (χ1v) is 17.5. The molecule has 3 atom stereocenters. The topological polar surface area (TPSA) is 170 Å². The number of rotatable bonds is 13. The lowest BCUT2D eigenvalue weighted by Gasteiger charge is -2.36. The fourth-order valence-corrected chi connectivity index (χ4v) is 6.50. The summed E-state index contributed by atoms with van der Waals surface area (Å²) in [6.07, 6.45) is -0.553. The number of phenols is 1. The number of nitrogens with one attached hydrogen (secondary N) is 2. The van der Waals surface area contributed by atoms with Gasteiger partial charge in [-0.2, -0.15) is 4.68 Å². The summed E-state index contributed by atoms with van der Waals surface area (Å²) in [5.74, 6) is 0.209. The van der Waals surface area contributed by atoms with E-state index in [1.807, 2.05) is 72.8 Å². The SMILES string of the molecule is CCOC(=O)CNC(=O)NCc1ccccc1-c1ccc([C@H]2O[C@@H](CSc3nnnn3-c3ccc(O)cc3)C[C@@H](c3ccc(CO)cc3)O2)cc1. The van der Waals surface area contributed by atoms with Crippen LogP contribution in [-0.2, 0) is 32.2 Å². The van der Waals surface area contributed by atoms with Crippen LogP contribution in [0.25, 0.3) is 16.8 Å². The molecule has 0 bridgehead atoms. The van der Waals surface area contributed by atoms with Crippen LogP contribution in [0, 0.1) is 0 Å². The van der Waals surface area contributed by atoms with Crippen molar-refractivity contribution in [3.8, 4) is 22.6 Å². The number of aliphatic hydroxyl groups excluding tert-OH is 1. The molecular formula is C37H38N6O7S. The standard InChI is InChI=1S/C37H38N6O7S/c1-2-48-34(46)21-39-36(47)38-20-28-5-3-4-6-32(28)25-11-13-27(14-12-25)35-49-31(19-33(50-35)26-9-7-24(22-44)8-10-26)23-51-37-40-41-42-43(37)29-15-17-30(45)18-16-29/h3-18,31,33,35,44-45H,2,19-23H2,1H3,(H2,38,39,47)/t31-,33+,35+/m1/s1. The number of hydrogen-bond acceptors (Lipinski definition) is 11. The minimum Gasteiger partial charge on any atom is -0.508 e. The van der Waals surface area contributed by atoms with Crippen LogP contribution in [0.3, 0.4) is 0 Å². The highest BCUT2D eigenvalue weighted by Gasteiger charge is 2.33. The maximum atomic E-state index is 12.3. The Kier molecular flexibility index (Phi) is 11.9. The molecule has 1 aliphatic rings. The lowest BCUT2D eigenvalue weighted by atomic mass is 9.98. The second kappa shape index (κ2) is 17.1. The molecule has 2 amide bonds. The molecule has 0 unspecified atom stereocenters. The van der Waals surface area contributed by atoms with Gasteiger partial charge in [0.2, 0.25) is 5.16 Å². The number of tetrazole rings is 1. The fourth-order valence-electron chi connectivity index (χ4n) is 5.59. The lowest BCUT2D eigenvalue weighted by molar-refractivity contribution is -0.245. The number of ether oxygens (including phenoxy) is 3. The van der Waals surface area contributed by atoms with Crippen molar-refractivity contribution in [3.05, 3.63) is 119 Å². The summed E-state index contributed by atoms with van der Waals surface area (Å²) < 4.78 is 19.6. The van der Waals surface area contributed by atoms with E-state index in [1.54, 1.807) is 35.9 Å². The predicted molar refractivity (Wildman–Crippen MR) is 189 cm³/mol. The summed E-state index contributed by atoms with van der Waals surface area (Å²) in [6.45, 7) is 1.97. The van der Waals surface area contributed by atoms with Gasteiger partial charge in [-0.05, 0) is 69.4 Å². The third-order valence-electron chi connectivity index (χ3n) is 8.20. The maximum absolute atomic E-state index is 12.3. The molecule has 6 rings (SSSR count). The Labute approximate surface area is 298 Å². The summed E-state index contributed by atoms with van der Waals surface area (Å²) in [6, 6.07) is 29.6. The first-order valence-electron chi connectivity index (χ1n) is 16.5. The molecule has 5 aromatic rings. The molecule has 1 aliphatic heterocycles. The third kappa shape index (κ3) is 9.29. The molecule has 2 heterocycles. The monoisotopic (exact) mass is 710 g/mol. The van der Waals surface area contributed by atoms with Crippen LogP contribution < -0.4 is 10.6 Å². The van der Waals surface area contributed by atoms with E-state index in [4.69, 9.17) is 14.2 Å². The van der Waals surface area contributed by atoms with E-state index in [-0.39, 0.29) is 44.3 Å². The molecule has 0 spiro atoms. The van der Waals surface area contributed by atoms with E-state index < -0.39 is 18.3 Å². The quantitative estimate of drug-likeness (QED) is 0.0933. The number of phenolic OH excluding ortho intramolecular Hbond substituents is 1. The molecule has 4 aromatic carbocycles. The Morgan fingerprint density at radius 3 is 2.43 bits per heavy atom. The number of carbonyl (C=O) groups excluding carboxylic acids is 2. The van der Waals surface area contributed by atoms with E-state index in [0.717, 1.165) is 39.1 Å². The highest BCUT2D eigenvalue weighted by molar-refractivity contribution is 7.99. The highest BCUT2D eigenvalue weighted by Crippen LogP contribution is 2.40. The number of thioether (sulfide) groups is 1. The number of nitrogens with zero attached hydrogens (tertiary/aromatic N) is 4. The van der Waals surface area contributed by atoms with Gasteiger partial charge < -0.3 is 35.1 Å². The summed E-state index contributed by atoms with van der Waals surface area (Å²) in [4.78, 5) is 23.9. The van der Waals surface area contributed by atoms with Crippen molar-refractivity contribution in [1.29, 1.82) is 0 Å². The van der Waals surface area contributed by atoms with Gasteiger partial charge in [0.05, 0.1) is 31.1 Å². The van der Waals surface area contributed by atoms with E-state index >= 15 is 0 Å². The molecular weight excluding hydrogens is 673 g/mol. The number of aromatic hydroxyl groups is 1. The van der Waals surface area contributed by atoms with Gasteiger partial charge in [0.15, 0.2) is 6.29 Å². The van der Waals surface area contributed by atoms with Crippen molar-refractivity contribution in [2.45, 2.75) is 50.2 Å². The van der Waals surface area contributed by atoms with E-state index in [0.29, 0.717) is 17.3 Å². The number of esters is 1. The molecule has 264 valence electrons. The van der Waals surface area contributed by atoms with Gasteiger partial charge >= 0.3 is 12.0 Å². The maximum Gasteiger partial charge on any atom is 0.325 e. The third-order valence-corrected chi connectivity index (χ3v) is 9.25. The molecule has 1 fully saturated rings. The predicted octanol–water partition coefficient (Wildman–Crippen LogP) is 5.23. The number of aliphatic hydroxyl groups is 1. The molecule has 51 heavy (non-hydrogen) atoms. The number of carbonyl (C=O) groups is 2. The number of aromatic nitrogens is 4. The van der Waals surface area contributed by atoms with Crippen LogP contribution in [0.5, 0.6) is 5.75 Å². The Morgan fingerprint density at radius 1 is 0.941 bits per heavy atom. The lowest BCUT2D eigenvalue weighted by Crippen LogP contribution is -2.38. The molecule has 4 N–H and O–H groups in total. The van der Waals surface area contributed by atoms with E-state index in [1.165, 1.54) is 11.8 Å². The minimum atomic E-state index is -0.658. The Morgan fingerprint density at radius 2 is 1.69 bits per heavy atom. The van der Waals surface area contributed by atoms with Crippen LogP contribution in [0.1, 0.15) is 48.0 Å². The zero-order valence-corrected chi connectivity index (χ0v) is 28.7. The Hall–Kier alpha value is -5.28. The molecule has 0 radical (unpaired) electrons. The normalized spacial score (nSPS) is 17.1. The zero-order valence-electron chi connectivity index (χ0n) is 27.8. The van der Waals surface area contributed by atoms with Gasteiger partial charge in [0.1, 0.15) is 12.3 Å². The van der Waals surface area contributed by atoms with Gasteiger partial charge in [0.25, 0.3) is 0 Å². The number of hydrogen-bond donors (Lipinski definition) is 4. The van der Waals surface area contributed by atoms with Crippen LogP contribution in [0.4, 0.5) is 4.79 Å². The zero-order chi connectivity index (χ0) is 35.6. The first kappa shape index (κ1) is 35.5. The first-order chi connectivity index (χ1) is 24.9. The number of amides is 2. The van der Waals surface area contributed by atoms with Crippen LogP contribution in [-0.4, -0.2) is 67.4 Å². The molecule has 14 heteroatoms. The molecule has 1 saturated heterocycles. The van der Waals surface area contributed by atoms with Crippen molar-refractivity contribution in [3.63, 3.8) is 0 Å². The Balaban J connectivity index is 1.16. The van der Waals surface area contributed by atoms with Crippen LogP contribution in [0.15, 0.2) is 102 Å². The molecule has 1 aromatic heterocycles. The van der Waals surface area contributed by atoms with Crippen molar-refractivity contribution in [1.82, 2.24) is 30.8 Å². The summed E-state index contributed by atoms with van der Waals surface area (Å²) in [7, 11) is 0. The fraction of sp³-hybridized carbons (Fsp3) is 0.270. The number of benzene rings is 4. The summed E-state index contributed by atoms with van der Waals surface area (Å²) in [5, 5.41) is 37.4. The van der Waals surface area contributed by atoms with Crippen molar-refractivity contribution >= 4 is 23.8 Å². The highest BCUT2D eigenvalue weighted by atomic mass is 32.2. The van der Waals surface area contributed by atoms with Crippen molar-refractivity contribution < 1.29 is 34.0 Å². The van der Waals surface area contributed by atoms with E-state index in [9.17, 15) is 19.8 Å². The second-order valence-corrected chi connectivity index (χ2v) is 12.7. The van der Waals surface area contributed by atoms with Gasteiger partial charge in [-0.3, -0.25) is 4.79 Å². The van der Waals surface area contributed by atoms with Crippen molar-refractivity contribution in [2.75, 3.05) is 18.9 Å². The molecule has 13 nitrogen and oxygen atoms in total. The van der Waals surface area contributed by atoms with Gasteiger partial charge in [-0.15, -0.1) is 5.10 Å². The average molecular weight is 711 g/mol. The van der Waals surface area contributed by atoms with E-state index in [2.05, 4.69) is 26.2 Å². The molecule has 0 aliphatic carbocycles. The van der Waals surface area contributed by atoms with Crippen molar-refractivity contribution in [2.24, 2.45) is 0 Å². The van der Waals surface area contributed by atoms with Gasteiger partial charge in [0, 0.05) is 24.3 Å². The number of urea groups is 1. The smallest absolute Gasteiger partial charge is 0.325 e. The summed E-state index contributed by atoms with van der Waals surface area (Å²) >= 11 is 1.47. The Bertz CT molecular complexity index is 1900. The van der Waals surface area contributed by atoms with Gasteiger partial charge in [-0.25, -0.2) is 4.79 Å². The second-order valence-electron chi connectivity index (χ2n) is 11.7. The van der Waals surface area contributed by atoms with Crippen LogP contribution in [0.2, 0.25) is 0 Å². The minimum absolute atomic E-state index is 0.0409. The average Bonchev–Trinajstić information content (AvgIpc) is 3.65. The van der Waals surface area contributed by atoms with Crippen LogP contribution >= 0.6 is 11.8 Å². The van der Waals surface area contributed by atoms with Gasteiger partial charge in [-0.1, -0.05) is 84.6 Å². The molecule has 0 saturated carbocycles.